The number of ether oxygens (including phenoxy) is 2. The first-order valence-corrected chi connectivity index (χ1v) is 7.29. The zero-order valence-corrected chi connectivity index (χ0v) is 12.1. The molecule has 0 radical (unpaired) electrons. The lowest BCUT2D eigenvalue weighted by molar-refractivity contribution is -0.134. The molecule has 0 N–H and O–H groups in total. The lowest BCUT2D eigenvalue weighted by atomic mass is 9.99. The summed E-state index contributed by atoms with van der Waals surface area (Å²) in [4.78, 5) is 14.4. The molecule has 0 spiro atoms. The molecule has 2 aliphatic rings. The van der Waals surface area contributed by atoms with E-state index >= 15 is 0 Å². The maximum atomic E-state index is 12.4. The quantitative estimate of drug-likeness (QED) is 0.843. The second-order valence-corrected chi connectivity index (χ2v) is 5.48. The van der Waals surface area contributed by atoms with Gasteiger partial charge in [0.25, 0.3) is 0 Å². The maximum absolute atomic E-state index is 12.4. The minimum atomic E-state index is 0.0853. The second kappa shape index (κ2) is 5.44. The van der Waals surface area contributed by atoms with E-state index in [1.165, 1.54) is 11.1 Å². The first kappa shape index (κ1) is 13.4. The Morgan fingerprint density at radius 2 is 2.25 bits per heavy atom. The van der Waals surface area contributed by atoms with Crippen molar-refractivity contribution in [3.8, 4) is 5.75 Å². The molecule has 1 aromatic rings. The summed E-state index contributed by atoms with van der Waals surface area (Å²) in [6.07, 6.45) is 1.96. The summed E-state index contributed by atoms with van der Waals surface area (Å²) in [7, 11) is 1.67. The summed E-state index contributed by atoms with van der Waals surface area (Å²) >= 11 is 0. The van der Waals surface area contributed by atoms with Gasteiger partial charge in [0, 0.05) is 19.7 Å². The Hall–Kier alpha value is -1.55. The summed E-state index contributed by atoms with van der Waals surface area (Å²) in [5.74, 6) is 1.19. The Morgan fingerprint density at radius 3 is 3.00 bits per heavy atom. The topological polar surface area (TPSA) is 38.8 Å². The Balaban J connectivity index is 1.67. The fourth-order valence-corrected chi connectivity index (χ4v) is 2.91. The van der Waals surface area contributed by atoms with Crippen molar-refractivity contribution in [1.82, 2.24) is 4.90 Å². The average Bonchev–Trinajstić information content (AvgIpc) is 3.25. The standard InChI is InChI=1S/C16H21NO3/c1-3-20-15-9-14(15)16(18)17-7-6-11-4-5-13(19-2)8-12(11)10-17/h4-5,8,14-15H,3,6-7,9-10H2,1-2H3/t14-,15+/m1/s1. The van der Waals surface area contributed by atoms with Crippen LogP contribution in [0.1, 0.15) is 24.5 Å². The molecule has 0 unspecified atom stereocenters. The molecule has 1 aromatic carbocycles. The molecule has 1 heterocycles. The van der Waals surface area contributed by atoms with E-state index in [2.05, 4.69) is 6.07 Å². The van der Waals surface area contributed by atoms with Gasteiger partial charge in [0.2, 0.25) is 5.91 Å². The highest BCUT2D eigenvalue weighted by Gasteiger charge is 2.46. The van der Waals surface area contributed by atoms with E-state index in [0.717, 1.165) is 25.1 Å². The fourth-order valence-electron chi connectivity index (χ4n) is 2.91. The SMILES string of the molecule is CCO[C@H]1C[C@H]1C(=O)N1CCc2ccc(OC)cc2C1. The summed E-state index contributed by atoms with van der Waals surface area (Å²) < 4.78 is 10.8. The van der Waals surface area contributed by atoms with Crippen molar-refractivity contribution in [3.63, 3.8) is 0 Å². The third-order valence-corrected chi connectivity index (χ3v) is 4.17. The second-order valence-electron chi connectivity index (χ2n) is 5.48. The highest BCUT2D eigenvalue weighted by Crippen LogP contribution is 2.36. The van der Waals surface area contributed by atoms with Gasteiger partial charge in [-0.25, -0.2) is 0 Å². The minimum absolute atomic E-state index is 0.0853. The molecule has 1 saturated carbocycles. The van der Waals surface area contributed by atoms with Gasteiger partial charge in [-0.05, 0) is 43.0 Å². The molecule has 1 aliphatic heterocycles. The first-order chi connectivity index (χ1) is 9.72. The summed E-state index contributed by atoms with van der Waals surface area (Å²) in [5.41, 5.74) is 2.53. The number of methoxy groups -OCH3 is 1. The van der Waals surface area contributed by atoms with Crippen LogP contribution in [0, 0.1) is 5.92 Å². The number of amides is 1. The summed E-state index contributed by atoms with van der Waals surface area (Å²) in [6.45, 7) is 4.17. The molecule has 3 rings (SSSR count). The van der Waals surface area contributed by atoms with Gasteiger partial charge in [0.15, 0.2) is 0 Å². The molecule has 2 atom stereocenters. The third-order valence-electron chi connectivity index (χ3n) is 4.17. The van der Waals surface area contributed by atoms with E-state index < -0.39 is 0 Å². The van der Waals surface area contributed by atoms with Crippen molar-refractivity contribution in [2.24, 2.45) is 5.92 Å². The molecular weight excluding hydrogens is 254 g/mol. The largest absolute Gasteiger partial charge is 0.497 e. The molecule has 0 saturated heterocycles. The average molecular weight is 275 g/mol. The number of hydrogen-bond donors (Lipinski definition) is 0. The molecule has 1 aliphatic carbocycles. The Morgan fingerprint density at radius 1 is 1.40 bits per heavy atom. The normalized spacial score (nSPS) is 24.2. The van der Waals surface area contributed by atoms with Crippen LogP contribution in [0.5, 0.6) is 5.75 Å². The highest BCUT2D eigenvalue weighted by molar-refractivity contribution is 5.82. The van der Waals surface area contributed by atoms with Crippen LogP contribution in [0.4, 0.5) is 0 Å². The van der Waals surface area contributed by atoms with E-state index in [0.29, 0.717) is 13.2 Å². The van der Waals surface area contributed by atoms with Gasteiger partial charge in [-0.3, -0.25) is 4.79 Å². The van der Waals surface area contributed by atoms with Crippen molar-refractivity contribution in [2.45, 2.75) is 32.4 Å². The van der Waals surface area contributed by atoms with Gasteiger partial charge in [0.1, 0.15) is 5.75 Å². The van der Waals surface area contributed by atoms with Crippen molar-refractivity contribution < 1.29 is 14.3 Å². The van der Waals surface area contributed by atoms with Gasteiger partial charge in [-0.1, -0.05) is 6.07 Å². The molecular formula is C16H21NO3. The number of benzene rings is 1. The molecule has 0 aromatic heterocycles. The predicted octanol–water partition coefficient (Wildman–Crippen LogP) is 2.00. The van der Waals surface area contributed by atoms with Gasteiger partial charge in [-0.15, -0.1) is 0 Å². The molecule has 0 bridgehead atoms. The molecule has 4 heteroatoms. The third kappa shape index (κ3) is 2.52. The van der Waals surface area contributed by atoms with E-state index in [-0.39, 0.29) is 17.9 Å². The number of carbonyl (C=O) groups is 1. The molecule has 1 fully saturated rings. The summed E-state index contributed by atoms with van der Waals surface area (Å²) in [5, 5.41) is 0. The lowest BCUT2D eigenvalue weighted by Crippen LogP contribution is -2.37. The molecule has 1 amide bonds. The van der Waals surface area contributed by atoms with E-state index in [1.807, 2.05) is 24.0 Å². The monoisotopic (exact) mass is 275 g/mol. The number of carbonyl (C=O) groups excluding carboxylic acids is 1. The van der Waals surface area contributed by atoms with Crippen molar-refractivity contribution in [1.29, 1.82) is 0 Å². The van der Waals surface area contributed by atoms with Gasteiger partial charge in [-0.2, -0.15) is 0 Å². The lowest BCUT2D eigenvalue weighted by Gasteiger charge is -2.29. The zero-order chi connectivity index (χ0) is 14.1. The maximum Gasteiger partial charge on any atom is 0.228 e. The fraction of sp³-hybridized carbons (Fsp3) is 0.562. The predicted molar refractivity (Wildman–Crippen MR) is 75.6 cm³/mol. The van der Waals surface area contributed by atoms with Crippen LogP contribution in [-0.4, -0.2) is 37.2 Å². The van der Waals surface area contributed by atoms with Crippen LogP contribution in [0.3, 0.4) is 0 Å². The number of nitrogens with zero attached hydrogens (tertiary/aromatic N) is 1. The Kier molecular flexibility index (Phi) is 3.66. The van der Waals surface area contributed by atoms with Gasteiger partial charge in [0.05, 0.1) is 19.1 Å². The van der Waals surface area contributed by atoms with E-state index in [4.69, 9.17) is 9.47 Å². The number of hydrogen-bond acceptors (Lipinski definition) is 3. The van der Waals surface area contributed by atoms with Gasteiger partial charge < -0.3 is 14.4 Å². The first-order valence-electron chi connectivity index (χ1n) is 7.29. The van der Waals surface area contributed by atoms with Crippen LogP contribution in [0.25, 0.3) is 0 Å². The van der Waals surface area contributed by atoms with Crippen LogP contribution >= 0.6 is 0 Å². The smallest absolute Gasteiger partial charge is 0.228 e. The Bertz CT molecular complexity index is 514. The number of fused-ring (bicyclic) bond motifs is 1. The number of rotatable bonds is 4. The Labute approximate surface area is 119 Å². The van der Waals surface area contributed by atoms with Crippen LogP contribution < -0.4 is 4.74 Å². The zero-order valence-electron chi connectivity index (χ0n) is 12.1. The molecule has 4 nitrogen and oxygen atoms in total. The van der Waals surface area contributed by atoms with Crippen LogP contribution in [-0.2, 0) is 22.5 Å². The minimum Gasteiger partial charge on any atom is -0.497 e. The van der Waals surface area contributed by atoms with Crippen LogP contribution in [0.15, 0.2) is 18.2 Å². The van der Waals surface area contributed by atoms with E-state index in [1.54, 1.807) is 7.11 Å². The van der Waals surface area contributed by atoms with Crippen molar-refractivity contribution in [3.05, 3.63) is 29.3 Å². The highest BCUT2D eigenvalue weighted by atomic mass is 16.5. The van der Waals surface area contributed by atoms with Crippen LogP contribution in [0.2, 0.25) is 0 Å². The summed E-state index contributed by atoms with van der Waals surface area (Å²) in [6, 6.07) is 6.14. The van der Waals surface area contributed by atoms with E-state index in [9.17, 15) is 4.79 Å². The van der Waals surface area contributed by atoms with Gasteiger partial charge >= 0.3 is 0 Å². The van der Waals surface area contributed by atoms with Crippen molar-refractivity contribution in [2.75, 3.05) is 20.3 Å². The molecule has 108 valence electrons. The molecule has 20 heavy (non-hydrogen) atoms. The van der Waals surface area contributed by atoms with Crippen molar-refractivity contribution >= 4 is 5.91 Å².